The minimum Gasteiger partial charge on any atom is -0.381 e. The van der Waals surface area contributed by atoms with Gasteiger partial charge in [0.1, 0.15) is 46.9 Å². The highest BCUT2D eigenvalue weighted by Gasteiger charge is 2.18. The number of aromatic nitrogens is 10. The first kappa shape index (κ1) is 40.9. The summed E-state index contributed by atoms with van der Waals surface area (Å²) in [5, 5.41) is 23.2. The molecule has 6 heterocycles. The lowest BCUT2D eigenvalue weighted by molar-refractivity contribution is 0.421. The summed E-state index contributed by atoms with van der Waals surface area (Å²) in [4.78, 5) is 17.4. The third kappa shape index (κ3) is 10.6. The number of nitrogens with one attached hydrogen (secondary N) is 3. The van der Waals surface area contributed by atoms with E-state index >= 15 is 0 Å². The van der Waals surface area contributed by atoms with Gasteiger partial charge in [-0.1, -0.05) is 46.7 Å². The van der Waals surface area contributed by atoms with E-state index in [0.717, 1.165) is 11.9 Å². The summed E-state index contributed by atoms with van der Waals surface area (Å²) in [6.07, 6.45) is 10.5. The van der Waals surface area contributed by atoms with Gasteiger partial charge >= 0.3 is 0 Å². The summed E-state index contributed by atoms with van der Waals surface area (Å²) < 4.78 is 66.0. The molecule has 5 N–H and O–H groups in total. The van der Waals surface area contributed by atoms with Crippen LogP contribution in [0.15, 0.2) is 119 Å². The number of nitrogens with two attached hydrogens (primary N) is 1. The molecule has 8 rings (SSSR count). The lowest BCUT2D eigenvalue weighted by Crippen LogP contribution is -2.27. The van der Waals surface area contributed by atoms with E-state index in [1.807, 2.05) is 0 Å². The summed E-state index contributed by atoms with van der Waals surface area (Å²) in [7, 11) is -3.23. The average Bonchev–Trinajstić information content (AvgIpc) is 4.09. The fourth-order valence-electron chi connectivity index (χ4n) is 5.73. The van der Waals surface area contributed by atoms with Crippen LogP contribution in [-0.4, -0.2) is 90.7 Å². The van der Waals surface area contributed by atoms with Crippen LogP contribution in [0.2, 0.25) is 0 Å². The maximum Gasteiger partial charge on any atom is 0.208 e. The maximum absolute atomic E-state index is 14.2. The zero-order valence-electron chi connectivity index (χ0n) is 32.0. The first-order valence-electron chi connectivity index (χ1n) is 18.3. The van der Waals surface area contributed by atoms with Crippen molar-refractivity contribution in [3.63, 3.8) is 0 Å². The van der Waals surface area contributed by atoms with Gasteiger partial charge in [-0.15, -0.1) is 0 Å². The topological polar surface area (TPSA) is 236 Å². The second-order valence-corrected chi connectivity index (χ2v) is 14.8. The molecular weight excluding hydrogens is 799 g/mol. The van der Waals surface area contributed by atoms with Gasteiger partial charge in [-0.3, -0.25) is 9.36 Å². The van der Waals surface area contributed by atoms with Gasteiger partial charge in [0.05, 0.1) is 66.9 Å². The second kappa shape index (κ2) is 19.0. The number of benzene rings is 2. The van der Waals surface area contributed by atoms with Crippen LogP contribution in [0.1, 0.15) is 11.1 Å². The van der Waals surface area contributed by atoms with Crippen molar-refractivity contribution in [3.05, 3.63) is 133 Å². The second-order valence-electron chi connectivity index (χ2n) is 13.0. The molecule has 2 aromatic carbocycles. The molecule has 21 heteroatoms. The molecule has 0 fully saturated rings. The van der Waals surface area contributed by atoms with Gasteiger partial charge in [-0.05, 0) is 24.3 Å². The number of nitrogens with zero attached hydrogens (tertiary/aromatic N) is 10. The lowest BCUT2D eigenvalue weighted by atomic mass is 10.2. The van der Waals surface area contributed by atoms with Crippen LogP contribution >= 0.6 is 0 Å². The van der Waals surface area contributed by atoms with E-state index in [4.69, 9.17) is 14.8 Å². The number of anilines is 2. The number of hydrogen-bond acceptors (Lipinski definition) is 15. The van der Waals surface area contributed by atoms with E-state index in [-0.39, 0.29) is 31.3 Å². The first-order valence-corrected chi connectivity index (χ1v) is 20.2. The highest BCUT2D eigenvalue weighted by atomic mass is 32.2. The highest BCUT2D eigenvalue weighted by Crippen LogP contribution is 2.27. The Morgan fingerprint density at radius 1 is 0.633 bits per heavy atom. The Kier molecular flexibility index (Phi) is 13.0. The first-order chi connectivity index (χ1) is 29.1. The van der Waals surface area contributed by atoms with Crippen molar-refractivity contribution in [2.45, 2.75) is 13.1 Å². The molecule has 0 spiro atoms. The molecule has 0 bridgehead atoms. The summed E-state index contributed by atoms with van der Waals surface area (Å²) in [5.74, 6) is 0.210. The Hall–Kier alpha value is -7.23. The Balaban J connectivity index is 0.000000183. The normalized spacial score (nSPS) is 11.3. The average molecular weight is 837 g/mol. The summed E-state index contributed by atoms with van der Waals surface area (Å²) >= 11 is 0. The molecule has 0 saturated heterocycles. The van der Waals surface area contributed by atoms with Crippen LogP contribution in [0.3, 0.4) is 0 Å². The van der Waals surface area contributed by atoms with E-state index in [9.17, 15) is 17.2 Å². The third-order valence-electron chi connectivity index (χ3n) is 8.57. The largest absolute Gasteiger partial charge is 0.381 e. The molecule has 0 aliphatic carbocycles. The molecule has 0 amide bonds. The van der Waals surface area contributed by atoms with Crippen LogP contribution in [0.25, 0.3) is 45.8 Å². The molecule has 0 unspecified atom stereocenters. The van der Waals surface area contributed by atoms with Gasteiger partial charge < -0.3 is 25.4 Å². The smallest absolute Gasteiger partial charge is 0.208 e. The lowest BCUT2D eigenvalue weighted by Gasteiger charge is -2.07. The van der Waals surface area contributed by atoms with E-state index in [1.165, 1.54) is 24.7 Å². The van der Waals surface area contributed by atoms with E-state index < -0.39 is 10.0 Å². The molecule has 0 radical (unpaired) electrons. The molecule has 8 aromatic rings. The number of hydrogen-bond donors (Lipinski definition) is 4. The Morgan fingerprint density at radius 2 is 1.08 bits per heavy atom. The van der Waals surface area contributed by atoms with E-state index in [0.29, 0.717) is 82.3 Å². The summed E-state index contributed by atoms with van der Waals surface area (Å²) in [6.45, 7) is 2.21. The standard InChI is InChI=1S/C20H20FN7O3S.C19H18FN7O/c1-32(29,30)25-8-7-22-15-11-23-20(24-12-15)18-10-19(17-6-9-31-27-17)28(26-18)13-14-4-2-3-5-16(14)21;20-15-4-2-1-3-13(15)12-27-18(16-5-8-28-26-16)9-17(25-27)19-23-10-14(11-24-19)22-7-6-21/h2-6,9-12,22,25H,7-8,13H2,1H3;1-5,8-11,22H,6-7,12,21H2. The van der Waals surface area contributed by atoms with Crippen molar-refractivity contribution in [2.24, 2.45) is 5.73 Å². The van der Waals surface area contributed by atoms with Crippen molar-refractivity contribution in [2.75, 3.05) is 43.1 Å². The van der Waals surface area contributed by atoms with Gasteiger partial charge in [0.2, 0.25) is 10.0 Å². The SMILES string of the molecule is CS(=O)(=O)NCCNc1cnc(-c2cc(-c3ccon3)n(Cc3ccccc3F)n2)nc1.NCCNc1cnc(-c2cc(-c3ccon3)n(Cc3ccccc3F)n2)nc1. The van der Waals surface area contributed by atoms with Crippen LogP contribution in [0.5, 0.6) is 0 Å². The Morgan fingerprint density at radius 3 is 1.48 bits per heavy atom. The Bertz CT molecular complexity index is 2710. The van der Waals surface area contributed by atoms with Crippen LogP contribution in [0.4, 0.5) is 20.2 Å². The quantitative estimate of drug-likeness (QED) is 0.0966. The zero-order chi connectivity index (χ0) is 41.9. The van der Waals surface area contributed by atoms with Gasteiger partial charge in [0, 0.05) is 49.4 Å². The molecule has 0 atom stereocenters. The molecule has 308 valence electrons. The number of rotatable bonds is 16. The van der Waals surface area contributed by atoms with Crippen LogP contribution < -0.4 is 21.1 Å². The van der Waals surface area contributed by atoms with Gasteiger partial charge in [-0.25, -0.2) is 41.9 Å². The molecule has 6 aromatic heterocycles. The maximum atomic E-state index is 14.2. The Labute approximate surface area is 341 Å². The molecule has 18 nitrogen and oxygen atoms in total. The number of sulfonamides is 1. The molecule has 0 saturated carbocycles. The minimum atomic E-state index is -3.23. The fraction of sp³-hybridized carbons (Fsp3) is 0.179. The molecule has 0 aliphatic rings. The van der Waals surface area contributed by atoms with Gasteiger partial charge in [0.25, 0.3) is 0 Å². The highest BCUT2D eigenvalue weighted by molar-refractivity contribution is 7.88. The van der Waals surface area contributed by atoms with Crippen molar-refractivity contribution in [1.82, 2.24) is 54.5 Å². The van der Waals surface area contributed by atoms with Crippen molar-refractivity contribution in [1.29, 1.82) is 0 Å². The van der Waals surface area contributed by atoms with Crippen molar-refractivity contribution >= 4 is 21.4 Å². The number of halogens is 2. The van der Waals surface area contributed by atoms with Crippen molar-refractivity contribution < 1.29 is 26.2 Å². The minimum absolute atomic E-state index is 0.196. The monoisotopic (exact) mass is 836 g/mol. The van der Waals surface area contributed by atoms with Crippen LogP contribution in [-0.2, 0) is 23.1 Å². The van der Waals surface area contributed by atoms with Crippen molar-refractivity contribution in [3.8, 4) is 45.8 Å². The summed E-state index contributed by atoms with van der Waals surface area (Å²) in [6, 6.07) is 20.0. The fourth-order valence-corrected chi connectivity index (χ4v) is 6.21. The predicted molar refractivity (Wildman–Crippen MR) is 217 cm³/mol. The van der Waals surface area contributed by atoms with Gasteiger partial charge in [-0.2, -0.15) is 10.2 Å². The van der Waals surface area contributed by atoms with Gasteiger partial charge in [0.15, 0.2) is 11.6 Å². The molecular formula is C39H38F2N14O4S. The van der Waals surface area contributed by atoms with E-state index in [2.05, 4.69) is 55.8 Å². The predicted octanol–water partition coefficient (Wildman–Crippen LogP) is 4.70. The molecule has 60 heavy (non-hydrogen) atoms. The van der Waals surface area contributed by atoms with Crippen LogP contribution in [0, 0.1) is 11.6 Å². The zero-order valence-corrected chi connectivity index (χ0v) is 32.8. The van der Waals surface area contributed by atoms with E-state index in [1.54, 1.807) is 94.8 Å². The molecule has 0 aliphatic heterocycles. The summed E-state index contributed by atoms with van der Waals surface area (Å²) in [5.41, 5.74) is 11.4. The third-order valence-corrected chi connectivity index (χ3v) is 9.30.